The van der Waals surface area contributed by atoms with Crippen LogP contribution in [0.25, 0.3) is 0 Å². The van der Waals surface area contributed by atoms with Gasteiger partial charge in [-0.3, -0.25) is 4.90 Å². The number of hydrogen-bond donors (Lipinski definition) is 1. The maximum atomic E-state index is 6.32. The highest BCUT2D eigenvalue weighted by molar-refractivity contribution is 6.31. The van der Waals surface area contributed by atoms with Crippen LogP contribution in [0.3, 0.4) is 0 Å². The zero-order valence-corrected chi connectivity index (χ0v) is 12.7. The van der Waals surface area contributed by atoms with Gasteiger partial charge in [-0.05, 0) is 38.0 Å². The van der Waals surface area contributed by atoms with E-state index in [0.717, 1.165) is 35.8 Å². The molecule has 1 unspecified atom stereocenters. The smallest absolute Gasteiger partial charge is 0.0757 e. The summed E-state index contributed by atoms with van der Waals surface area (Å²) >= 11 is 6.32. The Balaban J connectivity index is 2.08. The molecule has 19 heavy (non-hydrogen) atoms. The Hall–Kier alpha value is -0.610. The van der Waals surface area contributed by atoms with Crippen molar-refractivity contribution in [3.63, 3.8) is 0 Å². The van der Waals surface area contributed by atoms with Crippen LogP contribution in [0.1, 0.15) is 31.9 Å². The van der Waals surface area contributed by atoms with Crippen molar-refractivity contribution in [1.82, 2.24) is 4.90 Å². The summed E-state index contributed by atoms with van der Waals surface area (Å²) < 4.78 is 5.92. The first-order valence-corrected chi connectivity index (χ1v) is 7.15. The van der Waals surface area contributed by atoms with Crippen LogP contribution in [-0.4, -0.2) is 29.7 Å². The zero-order chi connectivity index (χ0) is 14.0. The third-order valence-electron chi connectivity index (χ3n) is 3.39. The highest BCUT2D eigenvalue weighted by atomic mass is 35.5. The molecule has 1 aromatic rings. The van der Waals surface area contributed by atoms with Crippen LogP contribution in [0.5, 0.6) is 0 Å². The van der Waals surface area contributed by atoms with Crippen LogP contribution in [0.2, 0.25) is 5.02 Å². The maximum absolute atomic E-state index is 6.32. The fourth-order valence-electron chi connectivity index (χ4n) is 2.79. The summed E-state index contributed by atoms with van der Waals surface area (Å²) in [7, 11) is 0. The van der Waals surface area contributed by atoms with Crippen molar-refractivity contribution in [2.75, 3.05) is 13.1 Å². The summed E-state index contributed by atoms with van der Waals surface area (Å²) in [5.41, 5.74) is 7.76. The van der Waals surface area contributed by atoms with Gasteiger partial charge in [-0.15, -0.1) is 0 Å². The summed E-state index contributed by atoms with van der Waals surface area (Å²) in [5.74, 6) is 0. The molecule has 0 amide bonds. The zero-order valence-electron chi connectivity index (χ0n) is 11.9. The number of ether oxygens (including phenoxy) is 1. The van der Waals surface area contributed by atoms with E-state index >= 15 is 0 Å². The Bertz CT molecular complexity index is 448. The number of nitrogens with zero attached hydrogens (tertiary/aromatic N) is 1. The summed E-state index contributed by atoms with van der Waals surface area (Å²) in [6, 6.07) is 6.10. The van der Waals surface area contributed by atoms with Gasteiger partial charge in [0.1, 0.15) is 0 Å². The Labute approximate surface area is 120 Å². The van der Waals surface area contributed by atoms with E-state index in [4.69, 9.17) is 22.1 Å². The van der Waals surface area contributed by atoms with E-state index in [1.807, 2.05) is 6.07 Å². The van der Waals surface area contributed by atoms with Crippen LogP contribution < -0.4 is 5.73 Å². The molecule has 3 nitrogen and oxygen atoms in total. The van der Waals surface area contributed by atoms with Crippen LogP contribution in [0.4, 0.5) is 0 Å². The first-order chi connectivity index (χ1) is 8.89. The summed E-state index contributed by atoms with van der Waals surface area (Å²) in [6.07, 6.45) is 0.255. The lowest BCUT2D eigenvalue weighted by atomic mass is 10.0. The van der Waals surface area contributed by atoms with E-state index in [-0.39, 0.29) is 11.7 Å². The molecule has 106 valence electrons. The van der Waals surface area contributed by atoms with Crippen molar-refractivity contribution < 1.29 is 4.74 Å². The van der Waals surface area contributed by atoms with Gasteiger partial charge in [-0.25, -0.2) is 0 Å². The molecule has 1 fully saturated rings. The van der Waals surface area contributed by atoms with Gasteiger partial charge >= 0.3 is 0 Å². The molecule has 1 atom stereocenters. The van der Waals surface area contributed by atoms with Crippen molar-refractivity contribution in [1.29, 1.82) is 0 Å². The van der Waals surface area contributed by atoms with Crippen LogP contribution in [-0.2, 0) is 17.8 Å². The molecule has 0 spiro atoms. The molecule has 2 rings (SSSR count). The lowest BCUT2D eigenvalue weighted by molar-refractivity contribution is -0.130. The van der Waals surface area contributed by atoms with E-state index in [0.29, 0.717) is 6.54 Å². The molecule has 0 saturated carbocycles. The molecule has 0 bridgehead atoms. The van der Waals surface area contributed by atoms with Gasteiger partial charge in [0.15, 0.2) is 0 Å². The largest absolute Gasteiger partial charge is 0.370 e. The summed E-state index contributed by atoms with van der Waals surface area (Å²) in [5, 5.41) is 0.805. The molecule has 1 saturated heterocycles. The van der Waals surface area contributed by atoms with Crippen molar-refractivity contribution in [3.8, 4) is 0 Å². The average Bonchev–Trinajstić information content (AvgIpc) is 2.29. The lowest BCUT2D eigenvalue weighted by Crippen LogP contribution is -2.51. The summed E-state index contributed by atoms with van der Waals surface area (Å²) in [4.78, 5) is 2.40. The van der Waals surface area contributed by atoms with Gasteiger partial charge < -0.3 is 10.5 Å². The number of rotatable bonds is 3. The van der Waals surface area contributed by atoms with Crippen LogP contribution in [0, 0.1) is 0 Å². The highest BCUT2D eigenvalue weighted by Gasteiger charge is 2.31. The number of halogens is 1. The molecule has 1 aromatic carbocycles. The minimum atomic E-state index is -0.0959. The Morgan fingerprint density at radius 1 is 1.47 bits per heavy atom. The van der Waals surface area contributed by atoms with Gasteiger partial charge in [-0.1, -0.05) is 23.7 Å². The van der Waals surface area contributed by atoms with Crippen molar-refractivity contribution in [2.45, 2.75) is 45.6 Å². The van der Waals surface area contributed by atoms with E-state index < -0.39 is 0 Å². The van der Waals surface area contributed by atoms with Gasteiger partial charge in [0.25, 0.3) is 0 Å². The van der Waals surface area contributed by atoms with E-state index in [2.05, 4.69) is 37.8 Å². The predicted octanol–water partition coefficient (Wildman–Crippen LogP) is 2.80. The van der Waals surface area contributed by atoms with Crippen molar-refractivity contribution in [3.05, 3.63) is 34.3 Å². The second kappa shape index (κ2) is 5.80. The SMILES string of the molecule is CC1CN(Cc2ccc(CN)cc2Cl)CC(C)(C)O1. The van der Waals surface area contributed by atoms with Crippen molar-refractivity contribution >= 4 is 11.6 Å². The van der Waals surface area contributed by atoms with E-state index in [9.17, 15) is 0 Å². The third kappa shape index (κ3) is 3.93. The van der Waals surface area contributed by atoms with Gasteiger partial charge in [0, 0.05) is 31.2 Å². The quantitative estimate of drug-likeness (QED) is 0.926. The molecular formula is C15H23ClN2O. The Kier molecular flexibility index (Phi) is 4.51. The predicted molar refractivity (Wildman–Crippen MR) is 79.2 cm³/mol. The fourth-order valence-corrected chi connectivity index (χ4v) is 3.06. The number of nitrogens with two attached hydrogens (primary N) is 1. The molecule has 1 heterocycles. The normalized spacial score (nSPS) is 23.5. The second-order valence-corrected chi connectivity index (χ2v) is 6.39. The third-order valence-corrected chi connectivity index (χ3v) is 3.74. The van der Waals surface area contributed by atoms with E-state index in [1.165, 1.54) is 0 Å². The second-order valence-electron chi connectivity index (χ2n) is 5.99. The Morgan fingerprint density at radius 2 is 2.21 bits per heavy atom. The monoisotopic (exact) mass is 282 g/mol. The van der Waals surface area contributed by atoms with Crippen molar-refractivity contribution in [2.24, 2.45) is 5.73 Å². The lowest BCUT2D eigenvalue weighted by Gasteiger charge is -2.41. The molecular weight excluding hydrogens is 260 g/mol. The molecule has 1 aliphatic rings. The van der Waals surface area contributed by atoms with Crippen LogP contribution in [0.15, 0.2) is 18.2 Å². The van der Waals surface area contributed by atoms with Gasteiger partial charge in [-0.2, -0.15) is 0 Å². The highest BCUT2D eigenvalue weighted by Crippen LogP contribution is 2.25. The van der Waals surface area contributed by atoms with E-state index in [1.54, 1.807) is 0 Å². The maximum Gasteiger partial charge on any atom is 0.0757 e. The molecule has 2 N–H and O–H groups in total. The number of hydrogen-bond acceptors (Lipinski definition) is 3. The van der Waals surface area contributed by atoms with Gasteiger partial charge in [0.2, 0.25) is 0 Å². The topological polar surface area (TPSA) is 38.5 Å². The molecule has 4 heteroatoms. The Morgan fingerprint density at radius 3 is 2.79 bits per heavy atom. The molecule has 0 aromatic heterocycles. The minimum absolute atomic E-state index is 0.0959. The molecule has 0 radical (unpaired) electrons. The number of morpholine rings is 1. The fraction of sp³-hybridized carbons (Fsp3) is 0.600. The summed E-state index contributed by atoms with van der Waals surface area (Å²) in [6.45, 7) is 9.64. The first kappa shape index (κ1) is 14.8. The van der Waals surface area contributed by atoms with Gasteiger partial charge in [0.05, 0.1) is 11.7 Å². The number of benzene rings is 1. The standard InChI is InChI=1S/C15H23ClN2O/c1-11-8-18(10-15(2,3)19-11)9-13-5-4-12(7-17)6-14(13)16/h4-6,11H,7-10,17H2,1-3H3. The first-order valence-electron chi connectivity index (χ1n) is 6.77. The minimum Gasteiger partial charge on any atom is -0.370 e. The van der Waals surface area contributed by atoms with Crippen LogP contribution >= 0.6 is 11.6 Å². The molecule has 0 aliphatic carbocycles. The molecule has 1 aliphatic heterocycles. The average molecular weight is 283 g/mol.